The molecule has 0 nitrogen and oxygen atoms in total. The molecule has 0 saturated carbocycles. The van der Waals surface area contributed by atoms with Crippen LogP contribution in [-0.4, -0.2) is 6.19 Å². The van der Waals surface area contributed by atoms with E-state index in [4.69, 9.17) is 0 Å². The van der Waals surface area contributed by atoms with E-state index in [0.717, 1.165) is 0 Å². The van der Waals surface area contributed by atoms with E-state index in [1.807, 2.05) is 12.1 Å². The summed E-state index contributed by atoms with van der Waals surface area (Å²) in [6.07, 6.45) is 0.120. The van der Waals surface area contributed by atoms with Gasteiger partial charge in [-0.2, -0.15) is 0 Å². The maximum atomic E-state index is 2.27. The first-order valence-corrected chi connectivity index (χ1v) is 16.4. The monoisotopic (exact) mass is 488 g/mol. The smallest absolute Gasteiger partial charge is 0.0635 e. The average molecular weight is 489 g/mol. The molecule has 0 aliphatic heterocycles. The summed E-state index contributed by atoms with van der Waals surface area (Å²) in [6, 6.07) is 46.9. The molecule has 0 saturated heterocycles. The Kier molecular flexibility index (Phi) is 8.49. The van der Waals surface area contributed by atoms with Gasteiger partial charge in [0.15, 0.2) is 0 Å². The Balaban J connectivity index is 0.000000140. The van der Waals surface area contributed by atoms with Crippen molar-refractivity contribution >= 4 is 27.7 Å². The third-order valence-electron chi connectivity index (χ3n) is 5.45. The van der Waals surface area contributed by atoms with Crippen LogP contribution < -0.4 is 0 Å². The topological polar surface area (TPSA) is 0 Å². The molecule has 6 aromatic carbocycles. The van der Waals surface area contributed by atoms with Gasteiger partial charge in [0, 0.05) is 0 Å². The second-order valence-corrected chi connectivity index (χ2v) is 15.2. The van der Waals surface area contributed by atoms with E-state index in [1.54, 1.807) is 0 Å². The first-order valence-electron chi connectivity index (χ1n) is 11.5. The molecular weight excluding hydrogens is 460 g/mol. The van der Waals surface area contributed by atoms with E-state index in [9.17, 15) is 0 Å². The molecule has 0 amide bonds. The van der Waals surface area contributed by atoms with E-state index in [1.165, 1.54) is 43.8 Å². The molecule has 6 rings (SSSR count). The third kappa shape index (κ3) is 6.55. The average Bonchev–Trinajstić information content (AvgIpc) is 3.50. The Morgan fingerprint density at radius 1 is 0.500 bits per heavy atom. The van der Waals surface area contributed by atoms with Crippen LogP contribution in [0.25, 0.3) is 43.8 Å². The molecule has 0 aromatic heterocycles. The predicted molar refractivity (Wildman–Crippen MR) is 147 cm³/mol. The second kappa shape index (κ2) is 11.9. The fourth-order valence-corrected chi connectivity index (χ4v) is 3.90. The molecule has 0 N–H and O–H groups in total. The summed E-state index contributed by atoms with van der Waals surface area (Å²) in [5.74, 6) is 0. The molecule has 0 atom stereocenters. The van der Waals surface area contributed by atoms with Crippen LogP contribution in [0.5, 0.6) is 0 Å². The van der Waals surface area contributed by atoms with Crippen LogP contribution in [0.15, 0.2) is 133 Å². The summed E-state index contributed by atoms with van der Waals surface area (Å²) < 4.78 is 0. The molecule has 6 aromatic rings. The molecule has 0 aliphatic carbocycles. The van der Waals surface area contributed by atoms with Gasteiger partial charge in [0.2, 0.25) is 0 Å². The van der Waals surface area contributed by atoms with Gasteiger partial charge in [-0.25, -0.2) is 0 Å². The van der Waals surface area contributed by atoms with Crippen molar-refractivity contribution in [2.24, 2.45) is 0 Å². The number of hydrogen-bond donors (Lipinski definition) is 0. The Bertz CT molecular complexity index is 1290. The van der Waals surface area contributed by atoms with Gasteiger partial charge in [-0.3, -0.25) is 0 Å². The number of hydrogen-bond acceptors (Lipinski definition) is 0. The largest absolute Gasteiger partial charge is 0.145 e. The van der Waals surface area contributed by atoms with Crippen molar-refractivity contribution < 1.29 is 19.2 Å². The van der Waals surface area contributed by atoms with Crippen molar-refractivity contribution in [2.45, 2.75) is 13.1 Å². The Hall–Kier alpha value is -2.97. The second-order valence-electron chi connectivity index (χ2n) is 8.48. The van der Waals surface area contributed by atoms with Gasteiger partial charge in [-0.05, 0) is 0 Å². The molecule has 0 radical (unpaired) electrons. The zero-order valence-corrected chi connectivity index (χ0v) is 22.3. The van der Waals surface area contributed by atoms with E-state index in [0.29, 0.717) is 0 Å². The quantitative estimate of drug-likeness (QED) is 0.168. The maximum absolute atomic E-state index is 2.27. The molecule has 0 unspecified atom stereocenters. The SMILES string of the molecule is C[Si](C)=[Ti+2].c1ccc(-c2cc3ccccc3[cH-]2)cc1.c1ccc(-c2cc3ccccc3[cH-]2)cc1. The van der Waals surface area contributed by atoms with Crippen molar-refractivity contribution in [3.05, 3.63) is 133 Å². The zero-order chi connectivity index (χ0) is 23.8. The molecular formula is C32H28SiTi. The van der Waals surface area contributed by atoms with Gasteiger partial charge in [-0.15, -0.1) is 69.1 Å². The number of fused-ring (bicyclic) bond motifs is 2. The minimum atomic E-state index is 0.120. The summed E-state index contributed by atoms with van der Waals surface area (Å²) in [5.41, 5.74) is 5.18. The zero-order valence-electron chi connectivity index (χ0n) is 19.7. The van der Waals surface area contributed by atoms with Gasteiger partial charge in [-0.1, -0.05) is 108 Å². The van der Waals surface area contributed by atoms with Gasteiger partial charge >= 0.3 is 38.5 Å². The summed E-state index contributed by atoms with van der Waals surface area (Å²) >= 11 is 2.27. The van der Waals surface area contributed by atoms with Crippen molar-refractivity contribution in [1.82, 2.24) is 0 Å². The fourth-order valence-electron chi connectivity index (χ4n) is 3.90. The van der Waals surface area contributed by atoms with Crippen LogP contribution in [0.1, 0.15) is 0 Å². The van der Waals surface area contributed by atoms with E-state index in [2.05, 4.69) is 154 Å². The molecule has 34 heavy (non-hydrogen) atoms. The predicted octanol–water partition coefficient (Wildman–Crippen LogP) is 9.24. The van der Waals surface area contributed by atoms with Crippen LogP contribution in [0.3, 0.4) is 0 Å². The standard InChI is InChI=1S/2C15H11.C2H6Si.Ti/c2*1-2-6-12(7-3-1)15-10-13-8-4-5-9-14(13)11-15;1-3-2;/h2*1-11H;1-2H3;/q2*-1;;+2. The third-order valence-corrected chi connectivity index (χ3v) is 5.45. The first kappa shape index (κ1) is 24.2. The molecule has 0 spiro atoms. The van der Waals surface area contributed by atoms with Crippen LogP contribution >= 0.6 is 0 Å². The van der Waals surface area contributed by atoms with Crippen LogP contribution in [-0.2, 0) is 19.2 Å². The van der Waals surface area contributed by atoms with E-state index < -0.39 is 0 Å². The van der Waals surface area contributed by atoms with Crippen LogP contribution in [0.4, 0.5) is 0 Å². The summed E-state index contributed by atoms with van der Waals surface area (Å²) in [4.78, 5) is 0. The number of rotatable bonds is 2. The minimum Gasteiger partial charge on any atom is -0.145 e. The van der Waals surface area contributed by atoms with Crippen molar-refractivity contribution in [3.8, 4) is 22.3 Å². The maximum Gasteiger partial charge on any atom is -0.0635 e. The van der Waals surface area contributed by atoms with E-state index >= 15 is 0 Å². The van der Waals surface area contributed by atoms with E-state index in [-0.39, 0.29) is 6.19 Å². The van der Waals surface area contributed by atoms with Gasteiger partial charge < -0.3 is 0 Å². The molecule has 0 aliphatic rings. The summed E-state index contributed by atoms with van der Waals surface area (Å²) in [7, 11) is 0. The van der Waals surface area contributed by atoms with Gasteiger partial charge in [0.1, 0.15) is 0 Å². The van der Waals surface area contributed by atoms with Gasteiger partial charge in [0.05, 0.1) is 0 Å². The first-order chi connectivity index (χ1) is 16.6. The Morgan fingerprint density at radius 3 is 1.18 bits per heavy atom. The Morgan fingerprint density at radius 2 is 0.824 bits per heavy atom. The molecule has 0 heterocycles. The molecule has 2 heteroatoms. The fraction of sp³-hybridized carbons (Fsp3) is 0.0625. The number of benzene rings is 4. The molecule has 0 bridgehead atoms. The minimum absolute atomic E-state index is 0.120. The molecule has 164 valence electrons. The molecule has 0 fully saturated rings. The van der Waals surface area contributed by atoms with Crippen molar-refractivity contribution in [3.63, 3.8) is 0 Å². The van der Waals surface area contributed by atoms with Crippen LogP contribution in [0.2, 0.25) is 13.1 Å². The Labute approximate surface area is 214 Å². The van der Waals surface area contributed by atoms with Gasteiger partial charge in [0.25, 0.3) is 0 Å². The van der Waals surface area contributed by atoms with Crippen LogP contribution in [0, 0.1) is 0 Å². The van der Waals surface area contributed by atoms with Crippen molar-refractivity contribution in [2.75, 3.05) is 0 Å². The normalized spacial score (nSPS) is 10.2. The summed E-state index contributed by atoms with van der Waals surface area (Å²) in [6.45, 7) is 4.54. The summed E-state index contributed by atoms with van der Waals surface area (Å²) in [5, 5.41) is 5.26. The van der Waals surface area contributed by atoms with Crippen molar-refractivity contribution in [1.29, 1.82) is 0 Å².